The van der Waals surface area contributed by atoms with Gasteiger partial charge in [-0.05, 0) is 42.8 Å². The minimum atomic E-state index is -0.378. The SMILES string of the molecule is COc1cc(Nc2ccc(N)cc2C)ccc1F. The van der Waals surface area contributed by atoms with Crippen molar-refractivity contribution in [2.45, 2.75) is 6.92 Å². The first-order valence-electron chi connectivity index (χ1n) is 5.57. The van der Waals surface area contributed by atoms with Gasteiger partial charge in [-0.1, -0.05) is 0 Å². The van der Waals surface area contributed by atoms with Gasteiger partial charge in [0.2, 0.25) is 0 Å². The highest BCUT2D eigenvalue weighted by Gasteiger charge is 2.05. The molecule has 2 aromatic carbocycles. The molecule has 0 saturated carbocycles. The minimum absolute atomic E-state index is 0.216. The van der Waals surface area contributed by atoms with Gasteiger partial charge in [0.05, 0.1) is 7.11 Å². The highest BCUT2D eigenvalue weighted by molar-refractivity contribution is 5.66. The first-order valence-corrected chi connectivity index (χ1v) is 5.57. The number of benzene rings is 2. The standard InChI is InChI=1S/C14H15FN2O/c1-9-7-10(16)3-6-13(9)17-11-4-5-12(15)14(8-11)18-2/h3-8,17H,16H2,1-2H3. The first-order chi connectivity index (χ1) is 8.60. The van der Waals surface area contributed by atoms with Crippen molar-refractivity contribution in [3.05, 3.63) is 47.8 Å². The molecule has 0 aliphatic carbocycles. The minimum Gasteiger partial charge on any atom is -0.494 e. The lowest BCUT2D eigenvalue weighted by atomic mass is 10.1. The highest BCUT2D eigenvalue weighted by Crippen LogP contribution is 2.26. The summed E-state index contributed by atoms with van der Waals surface area (Å²) in [5.74, 6) is -0.162. The van der Waals surface area contributed by atoms with Crippen molar-refractivity contribution in [2.75, 3.05) is 18.2 Å². The molecule has 0 atom stereocenters. The Bertz CT molecular complexity index is 570. The van der Waals surface area contributed by atoms with E-state index in [4.69, 9.17) is 10.5 Å². The Labute approximate surface area is 105 Å². The Morgan fingerprint density at radius 1 is 1.17 bits per heavy atom. The molecule has 0 saturated heterocycles. The number of nitrogen functional groups attached to an aromatic ring is 1. The predicted molar refractivity (Wildman–Crippen MR) is 71.8 cm³/mol. The quantitative estimate of drug-likeness (QED) is 0.815. The smallest absolute Gasteiger partial charge is 0.165 e. The lowest BCUT2D eigenvalue weighted by Crippen LogP contribution is -1.96. The summed E-state index contributed by atoms with van der Waals surface area (Å²) in [6, 6.07) is 10.2. The van der Waals surface area contributed by atoms with E-state index in [0.29, 0.717) is 0 Å². The van der Waals surface area contributed by atoms with E-state index in [1.807, 2.05) is 25.1 Å². The summed E-state index contributed by atoms with van der Waals surface area (Å²) in [4.78, 5) is 0. The normalized spacial score (nSPS) is 10.2. The van der Waals surface area contributed by atoms with Crippen molar-refractivity contribution < 1.29 is 9.13 Å². The van der Waals surface area contributed by atoms with Crippen molar-refractivity contribution in [1.82, 2.24) is 0 Å². The van der Waals surface area contributed by atoms with Crippen LogP contribution in [0.15, 0.2) is 36.4 Å². The largest absolute Gasteiger partial charge is 0.494 e. The second kappa shape index (κ2) is 4.96. The zero-order valence-electron chi connectivity index (χ0n) is 10.3. The van der Waals surface area contributed by atoms with Crippen molar-refractivity contribution in [1.29, 1.82) is 0 Å². The van der Waals surface area contributed by atoms with Gasteiger partial charge in [-0.2, -0.15) is 0 Å². The first kappa shape index (κ1) is 12.2. The number of anilines is 3. The number of aryl methyl sites for hydroxylation is 1. The number of hydrogen-bond acceptors (Lipinski definition) is 3. The Hall–Kier alpha value is -2.23. The summed E-state index contributed by atoms with van der Waals surface area (Å²) >= 11 is 0. The molecule has 3 nitrogen and oxygen atoms in total. The van der Waals surface area contributed by atoms with Gasteiger partial charge < -0.3 is 15.8 Å². The summed E-state index contributed by atoms with van der Waals surface area (Å²) in [6.07, 6.45) is 0. The van der Waals surface area contributed by atoms with E-state index in [9.17, 15) is 4.39 Å². The average molecular weight is 246 g/mol. The molecule has 0 fully saturated rings. The molecule has 0 unspecified atom stereocenters. The van der Waals surface area contributed by atoms with Gasteiger partial charge in [0.1, 0.15) is 0 Å². The van der Waals surface area contributed by atoms with Gasteiger partial charge in [0, 0.05) is 23.1 Å². The molecule has 0 aromatic heterocycles. The van der Waals surface area contributed by atoms with E-state index >= 15 is 0 Å². The van der Waals surface area contributed by atoms with Gasteiger partial charge in [-0.3, -0.25) is 0 Å². The molecule has 0 amide bonds. The Morgan fingerprint density at radius 2 is 1.94 bits per heavy atom. The van der Waals surface area contributed by atoms with Crippen LogP contribution in [0.2, 0.25) is 0 Å². The molecule has 4 heteroatoms. The zero-order chi connectivity index (χ0) is 13.1. The van der Waals surface area contributed by atoms with E-state index < -0.39 is 0 Å². The second-order valence-corrected chi connectivity index (χ2v) is 4.05. The van der Waals surface area contributed by atoms with Gasteiger partial charge >= 0.3 is 0 Å². The van der Waals surface area contributed by atoms with Crippen LogP contribution in [0.4, 0.5) is 21.5 Å². The van der Waals surface area contributed by atoms with Crippen LogP contribution < -0.4 is 15.8 Å². The molecular weight excluding hydrogens is 231 g/mol. The molecule has 0 heterocycles. The van der Waals surface area contributed by atoms with E-state index in [1.165, 1.54) is 13.2 Å². The second-order valence-electron chi connectivity index (χ2n) is 4.05. The fraction of sp³-hybridized carbons (Fsp3) is 0.143. The summed E-state index contributed by atoms with van der Waals surface area (Å²) in [5.41, 5.74) is 9.13. The summed E-state index contributed by atoms with van der Waals surface area (Å²) in [5, 5.41) is 3.20. The van der Waals surface area contributed by atoms with Crippen LogP contribution in [0.5, 0.6) is 5.75 Å². The molecule has 0 radical (unpaired) electrons. The maximum Gasteiger partial charge on any atom is 0.165 e. The molecule has 0 bridgehead atoms. The van der Waals surface area contributed by atoms with E-state index in [1.54, 1.807) is 12.1 Å². The fourth-order valence-electron chi connectivity index (χ4n) is 1.72. The van der Waals surface area contributed by atoms with Crippen molar-refractivity contribution >= 4 is 17.1 Å². The van der Waals surface area contributed by atoms with Gasteiger partial charge in [-0.15, -0.1) is 0 Å². The molecule has 0 aliphatic heterocycles. The highest BCUT2D eigenvalue weighted by atomic mass is 19.1. The number of ether oxygens (including phenoxy) is 1. The summed E-state index contributed by atoms with van der Waals surface area (Å²) in [6.45, 7) is 1.96. The van der Waals surface area contributed by atoms with Crippen molar-refractivity contribution in [3.63, 3.8) is 0 Å². The molecule has 2 aromatic rings. The lowest BCUT2D eigenvalue weighted by molar-refractivity contribution is 0.387. The summed E-state index contributed by atoms with van der Waals surface area (Å²) in [7, 11) is 1.44. The number of rotatable bonds is 3. The van der Waals surface area contributed by atoms with E-state index in [-0.39, 0.29) is 11.6 Å². The van der Waals surface area contributed by atoms with Crippen LogP contribution in [0.3, 0.4) is 0 Å². The Kier molecular flexibility index (Phi) is 3.37. The van der Waals surface area contributed by atoms with Crippen LogP contribution in [-0.4, -0.2) is 7.11 Å². The van der Waals surface area contributed by atoms with E-state index in [0.717, 1.165) is 22.6 Å². The van der Waals surface area contributed by atoms with Gasteiger partial charge in [-0.25, -0.2) is 4.39 Å². The van der Waals surface area contributed by atoms with E-state index in [2.05, 4.69) is 5.32 Å². The molecule has 0 aliphatic rings. The maximum atomic E-state index is 13.3. The Morgan fingerprint density at radius 3 is 2.61 bits per heavy atom. The van der Waals surface area contributed by atoms with Crippen LogP contribution in [0.25, 0.3) is 0 Å². The summed E-state index contributed by atoms with van der Waals surface area (Å²) < 4.78 is 18.2. The number of halogens is 1. The molecular formula is C14H15FN2O. The number of nitrogens with one attached hydrogen (secondary N) is 1. The third-order valence-electron chi connectivity index (χ3n) is 2.68. The molecule has 0 spiro atoms. The number of hydrogen-bond donors (Lipinski definition) is 2. The molecule has 2 rings (SSSR count). The Balaban J connectivity index is 2.28. The monoisotopic (exact) mass is 246 g/mol. The third kappa shape index (κ3) is 2.53. The fourth-order valence-corrected chi connectivity index (χ4v) is 1.72. The molecule has 94 valence electrons. The molecule has 18 heavy (non-hydrogen) atoms. The predicted octanol–water partition coefficient (Wildman–Crippen LogP) is 3.47. The van der Waals surface area contributed by atoms with Crippen LogP contribution in [-0.2, 0) is 0 Å². The van der Waals surface area contributed by atoms with Crippen LogP contribution in [0, 0.1) is 12.7 Å². The van der Waals surface area contributed by atoms with Crippen molar-refractivity contribution in [2.24, 2.45) is 0 Å². The van der Waals surface area contributed by atoms with Crippen molar-refractivity contribution in [3.8, 4) is 5.75 Å². The van der Waals surface area contributed by atoms with Crippen LogP contribution >= 0.6 is 0 Å². The zero-order valence-corrected chi connectivity index (χ0v) is 10.3. The molecule has 3 N–H and O–H groups in total. The third-order valence-corrected chi connectivity index (χ3v) is 2.68. The van der Waals surface area contributed by atoms with Gasteiger partial charge in [0.15, 0.2) is 11.6 Å². The lowest BCUT2D eigenvalue weighted by Gasteiger charge is -2.11. The number of methoxy groups -OCH3 is 1. The topological polar surface area (TPSA) is 47.3 Å². The average Bonchev–Trinajstić information content (AvgIpc) is 2.35. The number of nitrogens with two attached hydrogens (primary N) is 1. The van der Waals surface area contributed by atoms with Crippen LogP contribution in [0.1, 0.15) is 5.56 Å². The maximum absolute atomic E-state index is 13.3. The van der Waals surface area contributed by atoms with Gasteiger partial charge in [0.25, 0.3) is 0 Å².